The highest BCUT2D eigenvalue weighted by atomic mass is 16.5. The first kappa shape index (κ1) is 10.0. The van der Waals surface area contributed by atoms with E-state index in [4.69, 9.17) is 4.74 Å². The minimum atomic E-state index is 0.460. The standard InChI is InChI=1S/C11H17NO/c1-7(2)10-6-12-9(4)8(3)11(10)13-5/h6-7H,1-5H3. The van der Waals surface area contributed by atoms with Crippen molar-refractivity contribution in [3.8, 4) is 5.75 Å². The second-order valence-electron chi connectivity index (χ2n) is 3.61. The van der Waals surface area contributed by atoms with Gasteiger partial charge in [-0.2, -0.15) is 0 Å². The van der Waals surface area contributed by atoms with Crippen LogP contribution in [0.15, 0.2) is 6.20 Å². The summed E-state index contributed by atoms with van der Waals surface area (Å²) in [4.78, 5) is 4.33. The number of methoxy groups -OCH3 is 1. The number of rotatable bonds is 2. The molecule has 0 amide bonds. The summed E-state index contributed by atoms with van der Waals surface area (Å²) in [5, 5.41) is 0. The Kier molecular flexibility index (Phi) is 2.91. The Hall–Kier alpha value is -1.05. The summed E-state index contributed by atoms with van der Waals surface area (Å²) in [5.74, 6) is 1.45. The molecule has 2 nitrogen and oxygen atoms in total. The minimum absolute atomic E-state index is 0.460. The maximum Gasteiger partial charge on any atom is 0.128 e. The lowest BCUT2D eigenvalue weighted by atomic mass is 10.0. The fourth-order valence-electron chi connectivity index (χ4n) is 1.38. The molecular weight excluding hydrogens is 162 g/mol. The van der Waals surface area contributed by atoms with Crippen LogP contribution in [0.5, 0.6) is 5.75 Å². The van der Waals surface area contributed by atoms with Crippen LogP contribution in [0.2, 0.25) is 0 Å². The molecule has 72 valence electrons. The SMILES string of the molecule is COc1c(C(C)C)cnc(C)c1C. The number of hydrogen-bond donors (Lipinski definition) is 0. The van der Waals surface area contributed by atoms with Gasteiger partial charge < -0.3 is 4.74 Å². The van der Waals surface area contributed by atoms with Gasteiger partial charge in [0.15, 0.2) is 0 Å². The van der Waals surface area contributed by atoms with Crippen molar-refractivity contribution in [2.45, 2.75) is 33.6 Å². The molecule has 0 aliphatic heterocycles. The molecule has 0 radical (unpaired) electrons. The first-order chi connectivity index (χ1) is 6.07. The lowest BCUT2D eigenvalue weighted by Crippen LogP contribution is -2.00. The van der Waals surface area contributed by atoms with E-state index in [0.717, 1.165) is 17.0 Å². The van der Waals surface area contributed by atoms with Crippen LogP contribution in [-0.2, 0) is 0 Å². The lowest BCUT2D eigenvalue weighted by Gasteiger charge is -2.14. The molecule has 0 saturated heterocycles. The quantitative estimate of drug-likeness (QED) is 0.696. The van der Waals surface area contributed by atoms with E-state index in [-0.39, 0.29) is 0 Å². The molecule has 0 aliphatic carbocycles. The van der Waals surface area contributed by atoms with Gasteiger partial charge in [0.25, 0.3) is 0 Å². The van der Waals surface area contributed by atoms with E-state index in [1.54, 1.807) is 7.11 Å². The van der Waals surface area contributed by atoms with Gasteiger partial charge in [-0.15, -0.1) is 0 Å². The summed E-state index contributed by atoms with van der Waals surface area (Å²) in [6.07, 6.45) is 1.91. The maximum absolute atomic E-state index is 5.38. The Labute approximate surface area is 80.0 Å². The topological polar surface area (TPSA) is 22.1 Å². The van der Waals surface area contributed by atoms with Crippen LogP contribution in [0.1, 0.15) is 36.6 Å². The monoisotopic (exact) mass is 179 g/mol. The summed E-state index contributed by atoms with van der Waals surface area (Å²) >= 11 is 0. The molecule has 0 aliphatic rings. The number of ether oxygens (including phenoxy) is 1. The largest absolute Gasteiger partial charge is 0.496 e. The highest BCUT2D eigenvalue weighted by molar-refractivity contribution is 5.42. The fraction of sp³-hybridized carbons (Fsp3) is 0.545. The summed E-state index contributed by atoms with van der Waals surface area (Å²) < 4.78 is 5.38. The molecule has 0 bridgehead atoms. The van der Waals surface area contributed by atoms with Crippen molar-refractivity contribution in [2.24, 2.45) is 0 Å². The third kappa shape index (κ3) is 1.82. The van der Waals surface area contributed by atoms with Gasteiger partial charge in [-0.3, -0.25) is 4.98 Å². The van der Waals surface area contributed by atoms with Crippen LogP contribution in [0, 0.1) is 13.8 Å². The summed E-state index contributed by atoms with van der Waals surface area (Å²) in [6.45, 7) is 8.34. The van der Waals surface area contributed by atoms with E-state index in [9.17, 15) is 0 Å². The van der Waals surface area contributed by atoms with Crippen molar-refractivity contribution >= 4 is 0 Å². The van der Waals surface area contributed by atoms with Crippen LogP contribution >= 0.6 is 0 Å². The zero-order valence-corrected chi connectivity index (χ0v) is 9.01. The predicted molar refractivity (Wildman–Crippen MR) is 54.4 cm³/mol. The van der Waals surface area contributed by atoms with E-state index in [2.05, 4.69) is 18.8 Å². The molecule has 0 saturated carbocycles. The van der Waals surface area contributed by atoms with E-state index in [0.29, 0.717) is 5.92 Å². The normalized spacial score (nSPS) is 10.6. The Balaban J connectivity index is 3.30. The molecule has 0 atom stereocenters. The first-order valence-electron chi connectivity index (χ1n) is 4.58. The molecular formula is C11H17NO. The molecule has 0 spiro atoms. The zero-order chi connectivity index (χ0) is 10.0. The zero-order valence-electron chi connectivity index (χ0n) is 9.01. The van der Waals surface area contributed by atoms with E-state index >= 15 is 0 Å². The van der Waals surface area contributed by atoms with Crippen molar-refractivity contribution in [2.75, 3.05) is 7.11 Å². The van der Waals surface area contributed by atoms with Gasteiger partial charge in [0, 0.05) is 23.0 Å². The van der Waals surface area contributed by atoms with Crippen molar-refractivity contribution in [3.05, 3.63) is 23.0 Å². The van der Waals surface area contributed by atoms with Crippen LogP contribution in [-0.4, -0.2) is 12.1 Å². The average Bonchev–Trinajstić information content (AvgIpc) is 2.09. The maximum atomic E-state index is 5.38. The second-order valence-corrected chi connectivity index (χ2v) is 3.61. The molecule has 0 N–H and O–H groups in total. The molecule has 1 rings (SSSR count). The molecule has 1 aromatic rings. The van der Waals surface area contributed by atoms with Crippen molar-refractivity contribution < 1.29 is 4.74 Å². The summed E-state index contributed by atoms with van der Waals surface area (Å²) in [7, 11) is 1.72. The number of pyridine rings is 1. The van der Waals surface area contributed by atoms with E-state index < -0.39 is 0 Å². The van der Waals surface area contributed by atoms with E-state index in [1.807, 2.05) is 20.0 Å². The van der Waals surface area contributed by atoms with Crippen LogP contribution in [0.3, 0.4) is 0 Å². The first-order valence-corrected chi connectivity index (χ1v) is 4.58. The van der Waals surface area contributed by atoms with Crippen molar-refractivity contribution in [1.82, 2.24) is 4.98 Å². The minimum Gasteiger partial charge on any atom is -0.496 e. The predicted octanol–water partition coefficient (Wildman–Crippen LogP) is 2.83. The van der Waals surface area contributed by atoms with Crippen molar-refractivity contribution in [3.63, 3.8) is 0 Å². The lowest BCUT2D eigenvalue weighted by molar-refractivity contribution is 0.403. The Morgan fingerprint density at radius 1 is 1.31 bits per heavy atom. The fourth-order valence-corrected chi connectivity index (χ4v) is 1.38. The highest BCUT2D eigenvalue weighted by Gasteiger charge is 2.11. The molecule has 0 aromatic carbocycles. The number of nitrogens with zero attached hydrogens (tertiary/aromatic N) is 1. The average molecular weight is 179 g/mol. The summed E-state index contributed by atoms with van der Waals surface area (Å²) in [5.41, 5.74) is 3.38. The van der Waals surface area contributed by atoms with Gasteiger partial charge in [0.1, 0.15) is 5.75 Å². The molecule has 2 heteroatoms. The van der Waals surface area contributed by atoms with Gasteiger partial charge in [-0.1, -0.05) is 13.8 Å². The van der Waals surface area contributed by atoms with Gasteiger partial charge in [0.05, 0.1) is 7.11 Å². The molecule has 13 heavy (non-hydrogen) atoms. The summed E-state index contributed by atoms with van der Waals surface area (Å²) in [6, 6.07) is 0. The number of aromatic nitrogens is 1. The van der Waals surface area contributed by atoms with E-state index in [1.165, 1.54) is 5.56 Å². The van der Waals surface area contributed by atoms with Crippen LogP contribution in [0.4, 0.5) is 0 Å². The Bertz CT molecular complexity index is 305. The molecule has 1 aromatic heterocycles. The van der Waals surface area contributed by atoms with Crippen molar-refractivity contribution in [1.29, 1.82) is 0 Å². The third-order valence-corrected chi connectivity index (χ3v) is 2.37. The number of hydrogen-bond acceptors (Lipinski definition) is 2. The van der Waals surface area contributed by atoms with Gasteiger partial charge in [-0.25, -0.2) is 0 Å². The van der Waals surface area contributed by atoms with Crippen LogP contribution < -0.4 is 4.74 Å². The smallest absolute Gasteiger partial charge is 0.128 e. The molecule has 1 heterocycles. The number of aryl methyl sites for hydroxylation is 1. The second kappa shape index (κ2) is 3.77. The third-order valence-electron chi connectivity index (χ3n) is 2.37. The van der Waals surface area contributed by atoms with Gasteiger partial charge in [0.2, 0.25) is 0 Å². The van der Waals surface area contributed by atoms with Gasteiger partial charge in [-0.05, 0) is 19.8 Å². The molecule has 0 unspecified atom stereocenters. The Morgan fingerprint density at radius 3 is 2.38 bits per heavy atom. The van der Waals surface area contributed by atoms with Crippen LogP contribution in [0.25, 0.3) is 0 Å². The molecule has 0 fully saturated rings. The highest BCUT2D eigenvalue weighted by Crippen LogP contribution is 2.29. The van der Waals surface area contributed by atoms with Gasteiger partial charge >= 0.3 is 0 Å². The Morgan fingerprint density at radius 2 is 1.92 bits per heavy atom.